The Labute approximate surface area is 99.9 Å². The van der Waals surface area contributed by atoms with Gasteiger partial charge in [-0.2, -0.15) is 5.10 Å². The van der Waals surface area contributed by atoms with Crippen molar-refractivity contribution in [3.05, 3.63) is 46.5 Å². The van der Waals surface area contributed by atoms with Gasteiger partial charge in [0.1, 0.15) is 5.69 Å². The number of pyridine rings is 1. The average molecular weight is 282 g/mol. The van der Waals surface area contributed by atoms with Crippen LogP contribution in [0.25, 0.3) is 0 Å². The number of carbonyl (C=O) groups is 1. The maximum atomic E-state index is 10.7. The summed E-state index contributed by atoms with van der Waals surface area (Å²) < 4.78 is 2.60. The zero-order valence-corrected chi connectivity index (χ0v) is 9.75. The van der Waals surface area contributed by atoms with E-state index in [1.807, 2.05) is 6.20 Å². The Morgan fingerprint density at radius 1 is 1.56 bits per heavy atom. The summed E-state index contributed by atoms with van der Waals surface area (Å²) in [6.45, 7) is 0.522. The minimum absolute atomic E-state index is 0.0451. The topological polar surface area (TPSA) is 68.0 Å². The monoisotopic (exact) mass is 281 g/mol. The molecule has 1 N–H and O–H groups in total. The minimum atomic E-state index is -1.02. The lowest BCUT2D eigenvalue weighted by atomic mass is 10.2. The molecule has 0 spiro atoms. The fourth-order valence-corrected chi connectivity index (χ4v) is 1.63. The maximum Gasteiger partial charge on any atom is 0.354 e. The van der Waals surface area contributed by atoms with Crippen LogP contribution in [0.4, 0.5) is 0 Å². The van der Waals surface area contributed by atoms with Crippen molar-refractivity contribution in [2.45, 2.75) is 6.54 Å². The summed E-state index contributed by atoms with van der Waals surface area (Å²) in [5.41, 5.74) is 0.895. The van der Waals surface area contributed by atoms with E-state index in [0.717, 1.165) is 10.0 Å². The molecule has 0 unspecified atom stereocenters. The molecule has 5 nitrogen and oxygen atoms in total. The molecular formula is C10H8BrN3O2. The Kier molecular flexibility index (Phi) is 3.00. The summed E-state index contributed by atoms with van der Waals surface area (Å²) in [6.07, 6.45) is 4.98. The number of carboxylic acids is 1. The van der Waals surface area contributed by atoms with E-state index >= 15 is 0 Å². The summed E-state index contributed by atoms with van der Waals surface area (Å²) in [7, 11) is 0. The van der Waals surface area contributed by atoms with Gasteiger partial charge in [0.2, 0.25) is 0 Å². The molecule has 16 heavy (non-hydrogen) atoms. The van der Waals surface area contributed by atoms with Crippen molar-refractivity contribution in [1.82, 2.24) is 14.8 Å². The van der Waals surface area contributed by atoms with Crippen LogP contribution in [0.15, 0.2) is 35.2 Å². The van der Waals surface area contributed by atoms with Gasteiger partial charge >= 0.3 is 5.97 Å². The fraction of sp³-hybridized carbons (Fsp3) is 0.100. The standard InChI is InChI=1S/C10H8BrN3O2/c11-8-4-13-14(6-8)5-7-1-2-12-9(3-7)10(15)16/h1-4,6H,5H2,(H,15,16). The highest BCUT2D eigenvalue weighted by molar-refractivity contribution is 9.10. The van der Waals surface area contributed by atoms with Crippen molar-refractivity contribution in [3.8, 4) is 0 Å². The normalized spacial score (nSPS) is 10.3. The Bertz CT molecular complexity index is 524. The first-order chi connectivity index (χ1) is 7.65. The van der Waals surface area contributed by atoms with E-state index in [9.17, 15) is 4.79 Å². The predicted molar refractivity (Wildman–Crippen MR) is 60.2 cm³/mol. The maximum absolute atomic E-state index is 10.7. The molecule has 0 amide bonds. The molecule has 0 aromatic carbocycles. The van der Waals surface area contributed by atoms with E-state index in [-0.39, 0.29) is 5.69 Å². The van der Waals surface area contributed by atoms with Crippen LogP contribution in [0.2, 0.25) is 0 Å². The third kappa shape index (κ3) is 2.46. The number of halogens is 1. The summed E-state index contributed by atoms with van der Waals surface area (Å²) in [5.74, 6) is -1.02. The van der Waals surface area contributed by atoms with Gasteiger partial charge in [-0.3, -0.25) is 4.68 Å². The van der Waals surface area contributed by atoms with Crippen molar-refractivity contribution >= 4 is 21.9 Å². The molecule has 0 aliphatic heterocycles. The van der Waals surface area contributed by atoms with Crippen LogP contribution in [0.3, 0.4) is 0 Å². The molecule has 2 aromatic rings. The Morgan fingerprint density at radius 2 is 2.38 bits per heavy atom. The van der Waals surface area contributed by atoms with Crippen molar-refractivity contribution in [1.29, 1.82) is 0 Å². The third-order valence-electron chi connectivity index (χ3n) is 1.99. The molecule has 0 atom stereocenters. The molecule has 2 aromatic heterocycles. The van der Waals surface area contributed by atoms with E-state index in [2.05, 4.69) is 26.0 Å². The molecule has 0 aliphatic carbocycles. The van der Waals surface area contributed by atoms with Gasteiger partial charge < -0.3 is 5.11 Å². The number of aromatic nitrogens is 3. The van der Waals surface area contributed by atoms with Gasteiger partial charge in [-0.1, -0.05) is 0 Å². The lowest BCUT2D eigenvalue weighted by molar-refractivity contribution is 0.0690. The molecule has 2 heterocycles. The van der Waals surface area contributed by atoms with Gasteiger partial charge in [-0.25, -0.2) is 9.78 Å². The van der Waals surface area contributed by atoms with Crippen LogP contribution in [0.5, 0.6) is 0 Å². The molecule has 0 fully saturated rings. The quantitative estimate of drug-likeness (QED) is 0.931. The lowest BCUT2D eigenvalue weighted by Crippen LogP contribution is -2.04. The molecular weight excluding hydrogens is 274 g/mol. The van der Waals surface area contributed by atoms with Crippen molar-refractivity contribution < 1.29 is 9.90 Å². The van der Waals surface area contributed by atoms with Gasteiger partial charge in [-0.05, 0) is 33.6 Å². The van der Waals surface area contributed by atoms with Crippen molar-refractivity contribution in [3.63, 3.8) is 0 Å². The fourth-order valence-electron chi connectivity index (χ4n) is 1.30. The average Bonchev–Trinajstić information content (AvgIpc) is 2.64. The van der Waals surface area contributed by atoms with Crippen LogP contribution in [0, 0.1) is 0 Å². The predicted octanol–water partition coefficient (Wildman–Crippen LogP) is 1.79. The van der Waals surface area contributed by atoms with Crippen LogP contribution in [-0.4, -0.2) is 25.8 Å². The first-order valence-corrected chi connectivity index (χ1v) is 5.30. The molecule has 0 bridgehead atoms. The second kappa shape index (κ2) is 4.44. The van der Waals surface area contributed by atoms with Crippen LogP contribution < -0.4 is 0 Å². The highest BCUT2D eigenvalue weighted by atomic mass is 79.9. The Morgan fingerprint density at radius 3 is 3.00 bits per heavy atom. The molecule has 2 rings (SSSR count). The molecule has 0 saturated carbocycles. The van der Waals surface area contributed by atoms with E-state index in [0.29, 0.717) is 6.54 Å². The molecule has 6 heteroatoms. The molecule has 0 radical (unpaired) electrons. The van der Waals surface area contributed by atoms with Gasteiger partial charge in [-0.15, -0.1) is 0 Å². The number of carboxylic acid groups (broad SMARTS) is 1. The molecule has 0 saturated heterocycles. The van der Waals surface area contributed by atoms with Crippen LogP contribution in [0.1, 0.15) is 16.1 Å². The minimum Gasteiger partial charge on any atom is -0.477 e. The number of hydrogen-bond acceptors (Lipinski definition) is 3. The highest BCUT2D eigenvalue weighted by Gasteiger charge is 2.05. The molecule has 0 aliphatic rings. The smallest absolute Gasteiger partial charge is 0.354 e. The first kappa shape index (κ1) is 10.8. The van der Waals surface area contributed by atoms with E-state index in [1.165, 1.54) is 12.3 Å². The second-order valence-corrected chi connectivity index (χ2v) is 4.13. The van der Waals surface area contributed by atoms with Gasteiger partial charge in [0.05, 0.1) is 17.2 Å². The summed E-state index contributed by atoms with van der Waals surface area (Å²) >= 11 is 3.29. The Hall–Kier alpha value is -1.69. The summed E-state index contributed by atoms with van der Waals surface area (Å²) in [6, 6.07) is 3.31. The van der Waals surface area contributed by atoms with Gasteiger partial charge in [0.15, 0.2) is 0 Å². The second-order valence-electron chi connectivity index (χ2n) is 3.21. The van der Waals surface area contributed by atoms with Gasteiger partial charge in [0, 0.05) is 12.4 Å². The SMILES string of the molecule is O=C(O)c1cc(Cn2cc(Br)cn2)ccn1. The van der Waals surface area contributed by atoms with Crippen LogP contribution >= 0.6 is 15.9 Å². The number of hydrogen-bond donors (Lipinski definition) is 1. The van der Waals surface area contributed by atoms with Crippen molar-refractivity contribution in [2.75, 3.05) is 0 Å². The van der Waals surface area contributed by atoms with Crippen molar-refractivity contribution in [2.24, 2.45) is 0 Å². The molecule has 82 valence electrons. The largest absolute Gasteiger partial charge is 0.477 e. The van der Waals surface area contributed by atoms with E-state index in [4.69, 9.17) is 5.11 Å². The third-order valence-corrected chi connectivity index (χ3v) is 2.40. The first-order valence-electron chi connectivity index (χ1n) is 4.51. The Balaban J connectivity index is 2.21. The van der Waals surface area contributed by atoms with Gasteiger partial charge in [0.25, 0.3) is 0 Å². The van der Waals surface area contributed by atoms with E-state index < -0.39 is 5.97 Å². The highest BCUT2D eigenvalue weighted by Crippen LogP contribution is 2.09. The summed E-state index contributed by atoms with van der Waals surface area (Å²) in [5, 5.41) is 12.9. The zero-order chi connectivity index (χ0) is 11.5. The van der Waals surface area contributed by atoms with E-state index in [1.54, 1.807) is 16.9 Å². The number of nitrogens with zero attached hydrogens (tertiary/aromatic N) is 3. The summed E-state index contributed by atoms with van der Waals surface area (Å²) in [4.78, 5) is 14.5. The lowest BCUT2D eigenvalue weighted by Gasteiger charge is -2.02. The number of aromatic carboxylic acids is 1. The zero-order valence-electron chi connectivity index (χ0n) is 8.17. The number of rotatable bonds is 3. The van der Waals surface area contributed by atoms with Crippen LogP contribution in [-0.2, 0) is 6.54 Å².